The van der Waals surface area contributed by atoms with Crippen molar-refractivity contribution < 1.29 is 8.83 Å². The molecule has 3 aromatic heterocycles. The standard InChI is InChI=1S/C51H29N3O2/c1-2-13-30(14-3-1)49-52-50(54-51(53-49)41-23-10-21-39-38-19-8-9-24-43(38)56-48(39)41)40-22-12-26-45-47(40)46-32(20-11-25-44(46)55-45)31-27-28-37-35-17-5-4-15-33(35)34-16-6-7-18-36(34)42(37)29-31/h1-29H. The van der Waals surface area contributed by atoms with Crippen molar-refractivity contribution in [2.24, 2.45) is 0 Å². The van der Waals surface area contributed by atoms with Crippen LogP contribution in [-0.2, 0) is 0 Å². The predicted octanol–water partition coefficient (Wildman–Crippen LogP) is 13.8. The van der Waals surface area contributed by atoms with E-state index in [1.165, 1.54) is 32.3 Å². The quantitative estimate of drug-likeness (QED) is 0.170. The average molecular weight is 716 g/mol. The van der Waals surface area contributed by atoms with Crippen LogP contribution < -0.4 is 0 Å². The molecule has 0 aliphatic rings. The molecule has 12 rings (SSSR count). The van der Waals surface area contributed by atoms with Gasteiger partial charge in [0, 0.05) is 32.7 Å². The van der Waals surface area contributed by atoms with Crippen molar-refractivity contribution in [3.63, 3.8) is 0 Å². The van der Waals surface area contributed by atoms with Gasteiger partial charge in [0.15, 0.2) is 17.5 Å². The Morgan fingerprint density at radius 3 is 1.52 bits per heavy atom. The molecule has 5 nitrogen and oxygen atoms in total. The fourth-order valence-electron chi connectivity index (χ4n) is 8.63. The predicted molar refractivity (Wildman–Crippen MR) is 229 cm³/mol. The number of furan rings is 2. The number of aromatic nitrogens is 3. The molecular formula is C51H29N3O2. The van der Waals surface area contributed by atoms with E-state index in [4.69, 9.17) is 23.8 Å². The van der Waals surface area contributed by atoms with Crippen molar-refractivity contribution in [3.8, 4) is 45.3 Å². The third-order valence-corrected chi connectivity index (χ3v) is 11.1. The van der Waals surface area contributed by atoms with Crippen molar-refractivity contribution in [2.45, 2.75) is 0 Å². The van der Waals surface area contributed by atoms with E-state index in [9.17, 15) is 0 Å². The number of fused-ring (bicyclic) bond motifs is 12. The zero-order valence-corrected chi connectivity index (χ0v) is 29.9. The lowest BCUT2D eigenvalue weighted by Gasteiger charge is -2.13. The summed E-state index contributed by atoms with van der Waals surface area (Å²) in [5, 5.41) is 11.5. The lowest BCUT2D eigenvalue weighted by molar-refractivity contribution is 0.668. The fraction of sp³-hybridized carbons (Fsp3) is 0. The maximum atomic E-state index is 6.63. The lowest BCUT2D eigenvalue weighted by atomic mass is 9.91. The SMILES string of the molecule is c1ccc(-c2nc(-c3cccc4c3oc3ccccc34)nc(-c3cccc4oc5cccc(-c6ccc7c8ccccc8c8ccccc8c7c6)c5c34)n2)cc1. The molecule has 56 heavy (non-hydrogen) atoms. The Balaban J connectivity index is 1.12. The summed E-state index contributed by atoms with van der Waals surface area (Å²) in [6, 6.07) is 61.0. The Bertz CT molecular complexity index is 3510. The van der Waals surface area contributed by atoms with Gasteiger partial charge >= 0.3 is 0 Å². The van der Waals surface area contributed by atoms with Gasteiger partial charge in [-0.3, -0.25) is 0 Å². The Morgan fingerprint density at radius 1 is 0.286 bits per heavy atom. The smallest absolute Gasteiger partial charge is 0.167 e. The summed E-state index contributed by atoms with van der Waals surface area (Å²) in [6.45, 7) is 0. The minimum absolute atomic E-state index is 0.539. The molecule has 12 aromatic rings. The highest BCUT2D eigenvalue weighted by atomic mass is 16.3. The zero-order chi connectivity index (χ0) is 36.7. The van der Waals surface area contributed by atoms with E-state index in [0.717, 1.165) is 71.7 Å². The van der Waals surface area contributed by atoms with Gasteiger partial charge in [-0.25, -0.2) is 15.0 Å². The molecule has 9 aromatic carbocycles. The molecule has 3 heterocycles. The number of rotatable bonds is 4. The normalized spacial score (nSPS) is 11.9. The molecular weight excluding hydrogens is 687 g/mol. The van der Waals surface area contributed by atoms with Crippen LogP contribution in [0, 0.1) is 0 Å². The largest absolute Gasteiger partial charge is 0.456 e. The maximum Gasteiger partial charge on any atom is 0.167 e. The number of hydrogen-bond donors (Lipinski definition) is 0. The Labute approximate surface area is 320 Å². The van der Waals surface area contributed by atoms with Gasteiger partial charge in [0.2, 0.25) is 0 Å². The van der Waals surface area contributed by atoms with E-state index in [1.54, 1.807) is 0 Å². The number of benzene rings is 9. The van der Waals surface area contributed by atoms with Gasteiger partial charge in [-0.1, -0.05) is 146 Å². The second-order valence-electron chi connectivity index (χ2n) is 14.3. The van der Waals surface area contributed by atoms with E-state index in [0.29, 0.717) is 17.5 Å². The summed E-state index contributed by atoms with van der Waals surface area (Å²) in [4.78, 5) is 15.5. The highest BCUT2D eigenvalue weighted by Gasteiger charge is 2.22. The Kier molecular flexibility index (Phi) is 6.56. The van der Waals surface area contributed by atoms with Crippen LogP contribution in [0.2, 0.25) is 0 Å². The van der Waals surface area contributed by atoms with Crippen molar-refractivity contribution >= 4 is 76.2 Å². The second-order valence-corrected chi connectivity index (χ2v) is 14.3. The lowest BCUT2D eigenvalue weighted by Crippen LogP contribution is -2.00. The van der Waals surface area contributed by atoms with Gasteiger partial charge in [-0.05, 0) is 73.8 Å². The van der Waals surface area contributed by atoms with Gasteiger partial charge in [0.05, 0.1) is 5.56 Å². The molecule has 0 aliphatic heterocycles. The van der Waals surface area contributed by atoms with Crippen LogP contribution in [0.25, 0.3) is 121 Å². The van der Waals surface area contributed by atoms with Crippen LogP contribution >= 0.6 is 0 Å². The monoisotopic (exact) mass is 715 g/mol. The Morgan fingerprint density at radius 2 is 0.786 bits per heavy atom. The molecule has 260 valence electrons. The van der Waals surface area contributed by atoms with Crippen LogP contribution in [0.15, 0.2) is 185 Å². The highest BCUT2D eigenvalue weighted by molar-refractivity contribution is 6.26. The van der Waals surface area contributed by atoms with Crippen molar-refractivity contribution in [3.05, 3.63) is 176 Å². The summed E-state index contributed by atoms with van der Waals surface area (Å²) in [6.07, 6.45) is 0. The number of para-hydroxylation sites is 2. The number of hydrogen-bond acceptors (Lipinski definition) is 5. The summed E-state index contributed by atoms with van der Waals surface area (Å²) in [7, 11) is 0. The van der Waals surface area contributed by atoms with Gasteiger partial charge in [-0.2, -0.15) is 0 Å². The van der Waals surface area contributed by atoms with Crippen LogP contribution in [0.4, 0.5) is 0 Å². The van der Waals surface area contributed by atoms with E-state index in [1.807, 2.05) is 78.9 Å². The molecule has 5 heteroatoms. The number of nitrogens with zero attached hydrogens (tertiary/aromatic N) is 3. The minimum Gasteiger partial charge on any atom is -0.456 e. The summed E-state index contributed by atoms with van der Waals surface area (Å²) in [5.74, 6) is 1.68. The first kappa shape index (κ1) is 30.8. The first-order chi connectivity index (χ1) is 27.8. The van der Waals surface area contributed by atoms with Gasteiger partial charge in [0.25, 0.3) is 0 Å². The van der Waals surface area contributed by atoms with Crippen molar-refractivity contribution in [1.82, 2.24) is 15.0 Å². The molecule has 0 N–H and O–H groups in total. The van der Waals surface area contributed by atoms with E-state index >= 15 is 0 Å². The van der Waals surface area contributed by atoms with Crippen molar-refractivity contribution in [1.29, 1.82) is 0 Å². The van der Waals surface area contributed by atoms with Crippen LogP contribution in [-0.4, -0.2) is 15.0 Å². The van der Waals surface area contributed by atoms with Crippen molar-refractivity contribution in [2.75, 3.05) is 0 Å². The second kappa shape index (κ2) is 11.9. The minimum atomic E-state index is 0.539. The average Bonchev–Trinajstić information content (AvgIpc) is 3.85. The maximum absolute atomic E-state index is 6.63. The molecule has 0 spiro atoms. The molecule has 0 radical (unpaired) electrons. The molecule has 0 fully saturated rings. The van der Waals surface area contributed by atoms with Crippen LogP contribution in [0.5, 0.6) is 0 Å². The third kappa shape index (κ3) is 4.58. The molecule has 0 unspecified atom stereocenters. The van der Waals surface area contributed by atoms with Gasteiger partial charge < -0.3 is 8.83 Å². The molecule has 0 amide bonds. The summed E-state index contributed by atoms with van der Waals surface area (Å²) < 4.78 is 13.1. The molecule has 0 aliphatic carbocycles. The van der Waals surface area contributed by atoms with E-state index in [-0.39, 0.29) is 0 Å². The Hall–Kier alpha value is -7.63. The van der Waals surface area contributed by atoms with Crippen LogP contribution in [0.3, 0.4) is 0 Å². The fourth-order valence-corrected chi connectivity index (χ4v) is 8.63. The van der Waals surface area contributed by atoms with Gasteiger partial charge in [-0.15, -0.1) is 0 Å². The van der Waals surface area contributed by atoms with E-state index in [2.05, 4.69) is 97.1 Å². The summed E-state index contributed by atoms with van der Waals surface area (Å²) >= 11 is 0. The van der Waals surface area contributed by atoms with Gasteiger partial charge in [0.1, 0.15) is 22.3 Å². The van der Waals surface area contributed by atoms with E-state index < -0.39 is 0 Å². The first-order valence-electron chi connectivity index (χ1n) is 18.8. The first-order valence-corrected chi connectivity index (χ1v) is 18.8. The molecule has 0 saturated heterocycles. The summed E-state index contributed by atoms with van der Waals surface area (Å²) in [5.41, 5.74) is 7.90. The zero-order valence-electron chi connectivity index (χ0n) is 29.9. The topological polar surface area (TPSA) is 65.0 Å². The van der Waals surface area contributed by atoms with Crippen LogP contribution in [0.1, 0.15) is 0 Å². The molecule has 0 bridgehead atoms. The molecule has 0 atom stereocenters. The highest BCUT2D eigenvalue weighted by Crippen LogP contribution is 2.44. The molecule has 0 saturated carbocycles. The third-order valence-electron chi connectivity index (χ3n) is 11.1.